The maximum absolute atomic E-state index is 5.24. The van der Waals surface area contributed by atoms with Gasteiger partial charge in [0.1, 0.15) is 0 Å². The number of hydrogen-bond acceptors (Lipinski definition) is 5. The maximum Gasteiger partial charge on any atom is 0.227 e. The lowest BCUT2D eigenvalue weighted by Gasteiger charge is -2.19. The number of nitrogens with one attached hydrogen (secondary N) is 1. The Morgan fingerprint density at radius 1 is 1.29 bits per heavy atom. The van der Waals surface area contributed by atoms with Gasteiger partial charge in [0, 0.05) is 31.5 Å². The van der Waals surface area contributed by atoms with Crippen molar-refractivity contribution in [1.29, 1.82) is 0 Å². The molecule has 5 nitrogen and oxygen atoms in total. The molecule has 0 unspecified atom stereocenters. The van der Waals surface area contributed by atoms with Crippen molar-refractivity contribution in [1.82, 2.24) is 15.5 Å². The van der Waals surface area contributed by atoms with E-state index in [1.807, 2.05) is 6.92 Å². The fourth-order valence-corrected chi connectivity index (χ4v) is 1.35. The summed E-state index contributed by atoms with van der Waals surface area (Å²) >= 11 is 0. The molecule has 1 heterocycles. The number of nitrogens with zero attached hydrogens (tertiary/aromatic N) is 2. The lowest BCUT2D eigenvalue weighted by molar-refractivity contribution is 0.149. The fourth-order valence-electron chi connectivity index (χ4n) is 1.35. The van der Waals surface area contributed by atoms with Gasteiger partial charge < -0.3 is 14.6 Å². The van der Waals surface area contributed by atoms with Crippen molar-refractivity contribution in [2.45, 2.75) is 46.1 Å². The van der Waals surface area contributed by atoms with Crippen LogP contribution in [0.15, 0.2) is 4.52 Å². The quantitative estimate of drug-likeness (QED) is 0.734. The predicted molar refractivity (Wildman–Crippen MR) is 66.0 cm³/mol. The molecule has 0 saturated carbocycles. The molecular weight excluding hydrogens is 218 g/mol. The highest BCUT2D eigenvalue weighted by Crippen LogP contribution is 2.02. The molecule has 1 aromatic heterocycles. The monoisotopic (exact) mass is 241 g/mol. The SMILES string of the molecule is CCOCCc1noc(CCNC(C)(C)C)n1. The Bertz CT molecular complexity index is 318. The molecule has 98 valence electrons. The average molecular weight is 241 g/mol. The molecule has 0 bridgehead atoms. The molecule has 0 aliphatic heterocycles. The lowest BCUT2D eigenvalue weighted by atomic mass is 10.1. The third kappa shape index (κ3) is 6.38. The molecule has 0 aliphatic rings. The van der Waals surface area contributed by atoms with Crippen LogP contribution in [0.3, 0.4) is 0 Å². The summed E-state index contributed by atoms with van der Waals surface area (Å²) < 4.78 is 10.4. The summed E-state index contributed by atoms with van der Waals surface area (Å²) in [6.45, 7) is 10.6. The summed E-state index contributed by atoms with van der Waals surface area (Å²) in [5, 5.41) is 7.29. The van der Waals surface area contributed by atoms with Crippen LogP contribution < -0.4 is 5.32 Å². The minimum atomic E-state index is 0.123. The second kappa shape index (κ2) is 6.71. The van der Waals surface area contributed by atoms with E-state index in [9.17, 15) is 0 Å². The Balaban J connectivity index is 2.26. The van der Waals surface area contributed by atoms with Crippen LogP contribution in [0.1, 0.15) is 39.4 Å². The van der Waals surface area contributed by atoms with Gasteiger partial charge in [0.05, 0.1) is 6.61 Å². The average Bonchev–Trinajstić information content (AvgIpc) is 2.64. The van der Waals surface area contributed by atoms with Crippen molar-refractivity contribution in [2.24, 2.45) is 0 Å². The Kier molecular flexibility index (Phi) is 5.58. The molecule has 0 radical (unpaired) electrons. The summed E-state index contributed by atoms with van der Waals surface area (Å²) in [6.07, 6.45) is 1.48. The molecule has 1 rings (SSSR count). The highest BCUT2D eigenvalue weighted by molar-refractivity contribution is 4.87. The van der Waals surface area contributed by atoms with Crippen molar-refractivity contribution < 1.29 is 9.26 Å². The second-order valence-electron chi connectivity index (χ2n) is 4.98. The molecule has 0 saturated heterocycles. The van der Waals surface area contributed by atoms with Crippen LogP contribution in [0.4, 0.5) is 0 Å². The number of aromatic nitrogens is 2. The Morgan fingerprint density at radius 3 is 2.71 bits per heavy atom. The van der Waals surface area contributed by atoms with Gasteiger partial charge in [0.15, 0.2) is 5.82 Å². The number of ether oxygens (including phenoxy) is 1. The number of hydrogen-bond donors (Lipinski definition) is 1. The number of rotatable bonds is 7. The molecule has 0 aliphatic carbocycles. The van der Waals surface area contributed by atoms with Gasteiger partial charge in [0.2, 0.25) is 5.89 Å². The normalized spacial score (nSPS) is 12.0. The molecular formula is C12H23N3O2. The minimum absolute atomic E-state index is 0.123. The third-order valence-corrected chi connectivity index (χ3v) is 2.18. The predicted octanol–water partition coefficient (Wildman–Crippen LogP) is 1.58. The summed E-state index contributed by atoms with van der Waals surface area (Å²) in [4.78, 5) is 4.30. The van der Waals surface area contributed by atoms with Crippen LogP contribution in [0.5, 0.6) is 0 Å². The van der Waals surface area contributed by atoms with E-state index in [2.05, 4.69) is 36.2 Å². The largest absolute Gasteiger partial charge is 0.381 e. The van der Waals surface area contributed by atoms with Crippen molar-refractivity contribution in [3.8, 4) is 0 Å². The van der Waals surface area contributed by atoms with Crippen molar-refractivity contribution in [3.05, 3.63) is 11.7 Å². The van der Waals surface area contributed by atoms with Crippen LogP contribution >= 0.6 is 0 Å². The van der Waals surface area contributed by atoms with Crippen molar-refractivity contribution in [3.63, 3.8) is 0 Å². The molecule has 0 spiro atoms. The van der Waals surface area contributed by atoms with Crippen LogP contribution in [0, 0.1) is 0 Å². The molecule has 0 aromatic carbocycles. The van der Waals surface area contributed by atoms with Crippen LogP contribution in [-0.4, -0.2) is 35.4 Å². The third-order valence-electron chi connectivity index (χ3n) is 2.18. The maximum atomic E-state index is 5.24. The van der Waals surface area contributed by atoms with E-state index < -0.39 is 0 Å². The second-order valence-corrected chi connectivity index (χ2v) is 4.98. The van der Waals surface area contributed by atoms with E-state index in [0.29, 0.717) is 18.9 Å². The first-order valence-electron chi connectivity index (χ1n) is 6.15. The summed E-state index contributed by atoms with van der Waals surface area (Å²) in [5.41, 5.74) is 0.123. The first-order chi connectivity index (χ1) is 8.01. The van der Waals surface area contributed by atoms with E-state index in [0.717, 1.165) is 25.4 Å². The highest BCUT2D eigenvalue weighted by Gasteiger charge is 2.10. The van der Waals surface area contributed by atoms with E-state index in [4.69, 9.17) is 9.26 Å². The zero-order valence-corrected chi connectivity index (χ0v) is 11.2. The Hall–Kier alpha value is -0.940. The zero-order valence-electron chi connectivity index (χ0n) is 11.2. The fraction of sp³-hybridized carbons (Fsp3) is 0.833. The zero-order chi connectivity index (χ0) is 12.7. The molecule has 0 amide bonds. The summed E-state index contributed by atoms with van der Waals surface area (Å²) in [5.74, 6) is 1.41. The van der Waals surface area contributed by atoms with Gasteiger partial charge in [-0.3, -0.25) is 0 Å². The van der Waals surface area contributed by atoms with Crippen LogP contribution in [-0.2, 0) is 17.6 Å². The van der Waals surface area contributed by atoms with E-state index in [-0.39, 0.29) is 5.54 Å². The molecule has 5 heteroatoms. The van der Waals surface area contributed by atoms with E-state index in [1.165, 1.54) is 0 Å². The van der Waals surface area contributed by atoms with Gasteiger partial charge in [-0.05, 0) is 27.7 Å². The van der Waals surface area contributed by atoms with Crippen molar-refractivity contribution in [2.75, 3.05) is 19.8 Å². The summed E-state index contributed by atoms with van der Waals surface area (Å²) in [6, 6.07) is 0. The van der Waals surface area contributed by atoms with Crippen molar-refractivity contribution >= 4 is 0 Å². The van der Waals surface area contributed by atoms with Crippen LogP contribution in [0.25, 0.3) is 0 Å². The molecule has 0 fully saturated rings. The van der Waals surface area contributed by atoms with Gasteiger partial charge in [-0.25, -0.2) is 0 Å². The van der Waals surface area contributed by atoms with E-state index in [1.54, 1.807) is 0 Å². The van der Waals surface area contributed by atoms with Gasteiger partial charge in [-0.15, -0.1) is 0 Å². The standard InChI is InChI=1S/C12H23N3O2/c1-5-16-9-7-10-14-11(17-15-10)6-8-13-12(2,3)4/h13H,5-9H2,1-4H3. The lowest BCUT2D eigenvalue weighted by Crippen LogP contribution is -2.37. The Morgan fingerprint density at radius 2 is 2.06 bits per heavy atom. The highest BCUT2D eigenvalue weighted by atomic mass is 16.5. The molecule has 0 atom stereocenters. The minimum Gasteiger partial charge on any atom is -0.381 e. The van der Waals surface area contributed by atoms with Gasteiger partial charge >= 0.3 is 0 Å². The first kappa shape index (κ1) is 14.1. The Labute approximate surface area is 103 Å². The molecule has 17 heavy (non-hydrogen) atoms. The van der Waals surface area contributed by atoms with Crippen LogP contribution in [0.2, 0.25) is 0 Å². The molecule has 1 aromatic rings. The van der Waals surface area contributed by atoms with E-state index >= 15 is 0 Å². The smallest absolute Gasteiger partial charge is 0.227 e. The summed E-state index contributed by atoms with van der Waals surface area (Å²) in [7, 11) is 0. The first-order valence-corrected chi connectivity index (χ1v) is 6.15. The topological polar surface area (TPSA) is 60.2 Å². The van der Waals surface area contributed by atoms with Gasteiger partial charge in [-0.1, -0.05) is 5.16 Å². The van der Waals surface area contributed by atoms with Gasteiger partial charge in [-0.2, -0.15) is 4.98 Å². The van der Waals surface area contributed by atoms with Gasteiger partial charge in [0.25, 0.3) is 0 Å². The molecule has 1 N–H and O–H groups in total.